The Morgan fingerprint density at radius 2 is 1.79 bits per heavy atom. The molecule has 3 aromatic rings. The number of aromatic nitrogens is 2. The molecule has 0 bridgehead atoms. The van der Waals surface area contributed by atoms with Gasteiger partial charge in [0.2, 0.25) is 0 Å². The number of carbonyl (C=O) groups is 1. The van der Waals surface area contributed by atoms with E-state index in [0.717, 1.165) is 22.2 Å². The number of amides is 1. The van der Waals surface area contributed by atoms with E-state index >= 15 is 0 Å². The van der Waals surface area contributed by atoms with Crippen molar-refractivity contribution in [3.05, 3.63) is 47.3 Å². The molecule has 0 atom stereocenters. The van der Waals surface area contributed by atoms with Crippen LogP contribution in [0.1, 0.15) is 37.7 Å². The van der Waals surface area contributed by atoms with E-state index in [9.17, 15) is 9.90 Å². The number of hydrogen-bond acceptors (Lipinski definition) is 5. The van der Waals surface area contributed by atoms with Crippen molar-refractivity contribution < 1.29 is 19.4 Å². The maximum absolute atomic E-state index is 12.1. The zero-order valence-corrected chi connectivity index (χ0v) is 17.7. The summed E-state index contributed by atoms with van der Waals surface area (Å²) in [7, 11) is 1.86. The summed E-state index contributed by atoms with van der Waals surface area (Å²) < 4.78 is 13.2. The molecule has 1 aromatic heterocycles. The third-order valence-electron chi connectivity index (χ3n) is 4.45. The molecule has 0 unspecified atom stereocenters. The molecule has 154 valence electrons. The Labute approximate surface area is 170 Å². The van der Waals surface area contributed by atoms with Crippen molar-refractivity contribution in [2.75, 3.05) is 5.32 Å². The Balaban J connectivity index is 1.83. The second kappa shape index (κ2) is 7.75. The van der Waals surface area contributed by atoms with E-state index in [-0.39, 0.29) is 6.61 Å². The fourth-order valence-electron chi connectivity index (χ4n) is 3.15. The summed E-state index contributed by atoms with van der Waals surface area (Å²) in [4.78, 5) is 16.5. The molecule has 7 nitrogen and oxygen atoms in total. The number of imidazole rings is 1. The summed E-state index contributed by atoms with van der Waals surface area (Å²) in [5, 5.41) is 12.2. The lowest BCUT2D eigenvalue weighted by molar-refractivity contribution is 0.0635. The van der Waals surface area contributed by atoms with Crippen molar-refractivity contribution in [2.45, 2.75) is 46.8 Å². The summed E-state index contributed by atoms with van der Waals surface area (Å²) in [6, 6.07) is 9.33. The number of aliphatic hydroxyl groups excluding tert-OH is 1. The van der Waals surface area contributed by atoms with Crippen LogP contribution in [0, 0.1) is 13.8 Å². The van der Waals surface area contributed by atoms with Crippen molar-refractivity contribution >= 4 is 22.8 Å². The van der Waals surface area contributed by atoms with Crippen LogP contribution in [0.15, 0.2) is 30.3 Å². The lowest BCUT2D eigenvalue weighted by Gasteiger charge is -2.21. The van der Waals surface area contributed by atoms with Gasteiger partial charge in [0.05, 0.1) is 16.7 Å². The third kappa shape index (κ3) is 4.68. The SMILES string of the molecule is Cc1cc(Oc2ccc3nc(CO)n(C)c3c2)cc(C)c1NC(=O)OC(C)(C)C. The monoisotopic (exact) mass is 397 g/mol. The lowest BCUT2D eigenvalue weighted by atomic mass is 10.1. The average Bonchev–Trinajstić information content (AvgIpc) is 2.92. The number of anilines is 1. The molecular formula is C22H27N3O4. The predicted octanol–water partition coefficient (Wildman–Crippen LogP) is 4.82. The number of aryl methyl sites for hydroxylation is 3. The molecule has 0 radical (unpaired) electrons. The van der Waals surface area contributed by atoms with Crippen LogP contribution in [0.2, 0.25) is 0 Å². The largest absolute Gasteiger partial charge is 0.457 e. The van der Waals surface area contributed by atoms with Gasteiger partial charge in [-0.3, -0.25) is 5.32 Å². The molecule has 0 fully saturated rings. The van der Waals surface area contributed by atoms with E-state index in [1.807, 2.05) is 76.6 Å². The molecule has 0 aliphatic carbocycles. The molecule has 0 saturated carbocycles. The highest BCUT2D eigenvalue weighted by atomic mass is 16.6. The van der Waals surface area contributed by atoms with Crippen molar-refractivity contribution in [3.8, 4) is 11.5 Å². The van der Waals surface area contributed by atoms with Gasteiger partial charge in [-0.25, -0.2) is 9.78 Å². The number of fused-ring (bicyclic) bond motifs is 1. The van der Waals surface area contributed by atoms with E-state index in [1.54, 1.807) is 0 Å². The molecule has 0 aliphatic heterocycles. The van der Waals surface area contributed by atoms with Crippen LogP contribution in [-0.4, -0.2) is 26.4 Å². The van der Waals surface area contributed by atoms with Gasteiger partial charge in [0.25, 0.3) is 0 Å². The Bertz CT molecular complexity index is 1040. The number of hydrogen-bond donors (Lipinski definition) is 2. The first-order valence-electron chi connectivity index (χ1n) is 9.42. The zero-order valence-electron chi connectivity index (χ0n) is 17.7. The summed E-state index contributed by atoms with van der Waals surface area (Å²) in [6.45, 7) is 9.17. The van der Waals surface area contributed by atoms with Crippen LogP contribution in [0.4, 0.5) is 10.5 Å². The van der Waals surface area contributed by atoms with Gasteiger partial charge in [-0.15, -0.1) is 0 Å². The highest BCUT2D eigenvalue weighted by Crippen LogP contribution is 2.31. The highest BCUT2D eigenvalue weighted by molar-refractivity contribution is 5.87. The number of ether oxygens (including phenoxy) is 2. The first kappa shape index (κ1) is 20.7. The fraction of sp³-hybridized carbons (Fsp3) is 0.364. The first-order chi connectivity index (χ1) is 13.6. The number of nitrogens with one attached hydrogen (secondary N) is 1. The van der Waals surface area contributed by atoms with Gasteiger partial charge in [0.15, 0.2) is 0 Å². The Hall–Kier alpha value is -3.06. The van der Waals surface area contributed by atoms with Crippen molar-refractivity contribution in [1.82, 2.24) is 9.55 Å². The van der Waals surface area contributed by atoms with E-state index in [1.165, 1.54) is 0 Å². The van der Waals surface area contributed by atoms with Gasteiger partial charge in [-0.05, 0) is 70.0 Å². The third-order valence-corrected chi connectivity index (χ3v) is 4.45. The summed E-state index contributed by atoms with van der Waals surface area (Å²) in [5.74, 6) is 1.93. The highest BCUT2D eigenvalue weighted by Gasteiger charge is 2.18. The normalized spacial score (nSPS) is 11.6. The molecule has 29 heavy (non-hydrogen) atoms. The quantitative estimate of drug-likeness (QED) is 0.659. The van der Waals surface area contributed by atoms with Crippen LogP contribution in [0.3, 0.4) is 0 Å². The number of nitrogens with zero attached hydrogens (tertiary/aromatic N) is 2. The zero-order chi connectivity index (χ0) is 21.3. The predicted molar refractivity (Wildman–Crippen MR) is 112 cm³/mol. The topological polar surface area (TPSA) is 85.6 Å². The summed E-state index contributed by atoms with van der Waals surface area (Å²) >= 11 is 0. The maximum Gasteiger partial charge on any atom is 0.412 e. The molecule has 0 saturated heterocycles. The van der Waals surface area contributed by atoms with Gasteiger partial charge in [-0.1, -0.05) is 0 Å². The van der Waals surface area contributed by atoms with Crippen LogP contribution >= 0.6 is 0 Å². The molecule has 2 aromatic carbocycles. The van der Waals surface area contributed by atoms with Crippen molar-refractivity contribution in [1.29, 1.82) is 0 Å². The molecule has 7 heteroatoms. The minimum Gasteiger partial charge on any atom is -0.457 e. The number of aliphatic hydroxyl groups is 1. The standard InChI is InChI=1S/C22H27N3O4/c1-13-9-16(10-14(2)20(13)24-21(27)29-22(3,4)5)28-15-7-8-17-18(11-15)25(6)19(12-26)23-17/h7-11,26H,12H2,1-6H3,(H,24,27). The molecule has 0 spiro atoms. The van der Waals surface area contributed by atoms with Gasteiger partial charge in [-0.2, -0.15) is 0 Å². The Morgan fingerprint density at radius 3 is 2.38 bits per heavy atom. The van der Waals surface area contributed by atoms with Crippen LogP contribution in [0.25, 0.3) is 11.0 Å². The number of benzene rings is 2. The van der Waals surface area contributed by atoms with Gasteiger partial charge in [0.1, 0.15) is 29.5 Å². The lowest BCUT2D eigenvalue weighted by Crippen LogP contribution is -2.27. The molecule has 1 amide bonds. The summed E-state index contributed by atoms with van der Waals surface area (Å²) in [6.07, 6.45) is -0.487. The van der Waals surface area contributed by atoms with Crippen LogP contribution < -0.4 is 10.1 Å². The van der Waals surface area contributed by atoms with Crippen LogP contribution in [-0.2, 0) is 18.4 Å². The van der Waals surface area contributed by atoms with E-state index in [0.29, 0.717) is 23.0 Å². The second-order valence-electron chi connectivity index (χ2n) is 8.06. The van der Waals surface area contributed by atoms with Gasteiger partial charge < -0.3 is 19.1 Å². The number of rotatable bonds is 4. The minimum absolute atomic E-state index is 0.119. The summed E-state index contributed by atoms with van der Waals surface area (Å²) in [5.41, 5.74) is 3.57. The minimum atomic E-state index is -0.560. The molecule has 3 rings (SSSR count). The number of carbonyl (C=O) groups excluding carboxylic acids is 1. The van der Waals surface area contributed by atoms with Gasteiger partial charge >= 0.3 is 6.09 Å². The first-order valence-corrected chi connectivity index (χ1v) is 9.42. The van der Waals surface area contributed by atoms with E-state index in [2.05, 4.69) is 10.3 Å². The van der Waals surface area contributed by atoms with Gasteiger partial charge in [0, 0.05) is 13.1 Å². The van der Waals surface area contributed by atoms with Crippen molar-refractivity contribution in [3.63, 3.8) is 0 Å². The average molecular weight is 397 g/mol. The van der Waals surface area contributed by atoms with E-state index in [4.69, 9.17) is 9.47 Å². The fourth-order valence-corrected chi connectivity index (χ4v) is 3.15. The van der Waals surface area contributed by atoms with E-state index < -0.39 is 11.7 Å². The molecule has 1 heterocycles. The second-order valence-corrected chi connectivity index (χ2v) is 8.06. The molecule has 2 N–H and O–H groups in total. The smallest absolute Gasteiger partial charge is 0.412 e. The molecular weight excluding hydrogens is 370 g/mol. The van der Waals surface area contributed by atoms with Crippen LogP contribution in [0.5, 0.6) is 11.5 Å². The molecule has 0 aliphatic rings. The maximum atomic E-state index is 12.1. The Morgan fingerprint density at radius 1 is 1.14 bits per heavy atom. The Kier molecular flexibility index (Phi) is 5.53. The van der Waals surface area contributed by atoms with Crippen molar-refractivity contribution in [2.24, 2.45) is 7.05 Å².